The van der Waals surface area contributed by atoms with Crippen molar-refractivity contribution in [2.24, 2.45) is 0 Å². The van der Waals surface area contributed by atoms with E-state index in [0.717, 1.165) is 0 Å². The molecule has 0 aliphatic rings. The number of alkyl halides is 3. The van der Waals surface area contributed by atoms with Crippen LogP contribution in [0.3, 0.4) is 0 Å². The van der Waals surface area contributed by atoms with Crippen LogP contribution in [0.15, 0.2) is 22.6 Å². The highest BCUT2D eigenvalue weighted by molar-refractivity contribution is 5.86. The summed E-state index contributed by atoms with van der Waals surface area (Å²) < 4.78 is 68.1. The smallest absolute Gasteiger partial charge is 0.437 e. The Balaban J connectivity index is 2.62. The SMILES string of the molecule is O=C(O)c1oc(-c2cc(F)cc(F)c2)nc1C(F)(F)F. The van der Waals surface area contributed by atoms with Crippen molar-refractivity contribution in [3.05, 3.63) is 41.3 Å². The van der Waals surface area contributed by atoms with E-state index in [4.69, 9.17) is 5.11 Å². The largest absolute Gasteiger partial charge is 0.475 e. The highest BCUT2D eigenvalue weighted by atomic mass is 19.4. The van der Waals surface area contributed by atoms with E-state index >= 15 is 0 Å². The lowest BCUT2D eigenvalue weighted by molar-refractivity contribution is -0.141. The minimum atomic E-state index is -5.07. The number of hydrogen-bond acceptors (Lipinski definition) is 3. The molecule has 1 aromatic heterocycles. The zero-order valence-corrected chi connectivity index (χ0v) is 9.33. The first-order valence-electron chi connectivity index (χ1n) is 4.96. The predicted octanol–water partition coefficient (Wildman–Crippen LogP) is 3.34. The van der Waals surface area contributed by atoms with Gasteiger partial charge in [0.1, 0.15) is 11.6 Å². The molecule has 0 saturated heterocycles. The van der Waals surface area contributed by atoms with Crippen molar-refractivity contribution in [1.82, 2.24) is 4.98 Å². The molecule has 0 unspecified atom stereocenters. The monoisotopic (exact) mass is 293 g/mol. The molecule has 0 saturated carbocycles. The standard InChI is InChI=1S/C11H4F5NO3/c12-5-1-4(2-6(13)3-5)9-17-8(11(14,15)16)7(20-9)10(18)19/h1-3H,(H,18,19). The highest BCUT2D eigenvalue weighted by Crippen LogP contribution is 2.34. The number of nitrogens with zero attached hydrogens (tertiary/aromatic N) is 1. The van der Waals surface area contributed by atoms with E-state index in [1.165, 1.54) is 0 Å². The van der Waals surface area contributed by atoms with Crippen molar-refractivity contribution in [2.75, 3.05) is 0 Å². The van der Waals surface area contributed by atoms with Gasteiger partial charge in [-0.15, -0.1) is 0 Å². The van der Waals surface area contributed by atoms with Crippen LogP contribution in [0, 0.1) is 11.6 Å². The number of rotatable bonds is 2. The van der Waals surface area contributed by atoms with Gasteiger partial charge in [0, 0.05) is 11.6 Å². The average Bonchev–Trinajstić information content (AvgIpc) is 2.71. The van der Waals surface area contributed by atoms with Crippen molar-refractivity contribution in [2.45, 2.75) is 6.18 Å². The second kappa shape index (κ2) is 4.58. The Morgan fingerprint density at radius 3 is 2.10 bits per heavy atom. The van der Waals surface area contributed by atoms with E-state index in [0.29, 0.717) is 18.2 Å². The van der Waals surface area contributed by atoms with E-state index in [1.54, 1.807) is 0 Å². The minimum absolute atomic E-state index is 0.444. The number of halogens is 5. The summed E-state index contributed by atoms with van der Waals surface area (Å²) in [6.07, 6.45) is -5.07. The molecule has 4 nitrogen and oxygen atoms in total. The second-order valence-electron chi connectivity index (χ2n) is 3.66. The third kappa shape index (κ3) is 2.60. The van der Waals surface area contributed by atoms with E-state index in [1.807, 2.05) is 0 Å². The lowest BCUT2D eigenvalue weighted by Gasteiger charge is -2.00. The zero-order chi connectivity index (χ0) is 15.1. The van der Waals surface area contributed by atoms with Gasteiger partial charge in [-0.3, -0.25) is 0 Å². The van der Waals surface area contributed by atoms with Gasteiger partial charge in [-0.05, 0) is 12.1 Å². The fourth-order valence-electron chi connectivity index (χ4n) is 1.46. The molecule has 2 aromatic rings. The van der Waals surface area contributed by atoms with Crippen molar-refractivity contribution in [3.8, 4) is 11.5 Å². The molecule has 0 radical (unpaired) electrons. The van der Waals surface area contributed by atoms with Crippen LogP contribution < -0.4 is 0 Å². The van der Waals surface area contributed by atoms with Gasteiger partial charge in [-0.1, -0.05) is 0 Å². The van der Waals surface area contributed by atoms with Crippen LogP contribution in [0.4, 0.5) is 22.0 Å². The van der Waals surface area contributed by atoms with Crippen LogP contribution in [0.2, 0.25) is 0 Å². The molecule has 20 heavy (non-hydrogen) atoms. The summed E-state index contributed by atoms with van der Waals surface area (Å²) in [5.74, 6) is -6.41. The van der Waals surface area contributed by atoms with E-state index in [-0.39, 0.29) is 0 Å². The molecule has 0 aliphatic heterocycles. The first-order valence-corrected chi connectivity index (χ1v) is 4.96. The fraction of sp³-hybridized carbons (Fsp3) is 0.0909. The summed E-state index contributed by atoms with van der Waals surface area (Å²) in [4.78, 5) is 13.6. The normalized spacial score (nSPS) is 11.7. The molecule has 1 heterocycles. The number of hydrogen-bond donors (Lipinski definition) is 1. The van der Waals surface area contributed by atoms with Crippen LogP contribution in [0.25, 0.3) is 11.5 Å². The Morgan fingerprint density at radius 2 is 1.70 bits per heavy atom. The van der Waals surface area contributed by atoms with Crippen LogP contribution in [-0.2, 0) is 6.18 Å². The van der Waals surface area contributed by atoms with Crippen LogP contribution >= 0.6 is 0 Å². The van der Waals surface area contributed by atoms with Gasteiger partial charge >= 0.3 is 12.1 Å². The van der Waals surface area contributed by atoms with Gasteiger partial charge in [-0.25, -0.2) is 18.6 Å². The van der Waals surface area contributed by atoms with E-state index in [2.05, 4.69) is 9.40 Å². The van der Waals surface area contributed by atoms with E-state index in [9.17, 15) is 26.7 Å². The Bertz CT molecular complexity index is 657. The molecule has 0 amide bonds. The van der Waals surface area contributed by atoms with Gasteiger partial charge in [-0.2, -0.15) is 13.2 Å². The topological polar surface area (TPSA) is 63.3 Å². The number of carboxylic acids is 1. The first kappa shape index (κ1) is 14.0. The number of oxazole rings is 1. The van der Waals surface area contributed by atoms with Crippen molar-refractivity contribution < 1.29 is 36.3 Å². The number of benzene rings is 1. The quantitative estimate of drug-likeness (QED) is 0.863. The van der Waals surface area contributed by atoms with Crippen LogP contribution in [0.5, 0.6) is 0 Å². The van der Waals surface area contributed by atoms with Crippen LogP contribution in [0.1, 0.15) is 16.2 Å². The minimum Gasteiger partial charge on any atom is -0.475 e. The van der Waals surface area contributed by atoms with Crippen LogP contribution in [-0.4, -0.2) is 16.1 Å². The lowest BCUT2D eigenvalue weighted by Crippen LogP contribution is -2.11. The van der Waals surface area contributed by atoms with Crippen molar-refractivity contribution in [1.29, 1.82) is 0 Å². The predicted molar refractivity (Wildman–Crippen MR) is 53.8 cm³/mol. The highest BCUT2D eigenvalue weighted by Gasteiger charge is 2.41. The molecule has 0 bridgehead atoms. The summed E-state index contributed by atoms with van der Waals surface area (Å²) in [5.41, 5.74) is -2.22. The summed E-state index contributed by atoms with van der Waals surface area (Å²) in [6, 6.07) is 1.83. The molecule has 1 N–H and O–H groups in total. The molecule has 0 spiro atoms. The number of carboxylic acid groups (broad SMARTS) is 1. The Hall–Kier alpha value is -2.45. The molecule has 9 heteroatoms. The molecule has 0 aliphatic carbocycles. The molecular formula is C11H4F5NO3. The number of aromatic nitrogens is 1. The van der Waals surface area contributed by atoms with E-state index < -0.39 is 46.7 Å². The first-order chi connectivity index (χ1) is 9.18. The Morgan fingerprint density at radius 1 is 1.15 bits per heavy atom. The lowest BCUT2D eigenvalue weighted by atomic mass is 10.2. The zero-order valence-electron chi connectivity index (χ0n) is 9.33. The summed E-state index contributed by atoms with van der Waals surface area (Å²) in [7, 11) is 0. The summed E-state index contributed by atoms with van der Waals surface area (Å²) in [5, 5.41) is 8.62. The molecule has 2 rings (SSSR count). The van der Waals surface area contributed by atoms with Crippen molar-refractivity contribution in [3.63, 3.8) is 0 Å². The molecule has 106 valence electrons. The van der Waals surface area contributed by atoms with Gasteiger partial charge < -0.3 is 9.52 Å². The van der Waals surface area contributed by atoms with Gasteiger partial charge in [0.2, 0.25) is 11.7 Å². The molecule has 0 fully saturated rings. The summed E-state index contributed by atoms with van der Waals surface area (Å²) >= 11 is 0. The number of carbonyl (C=O) groups is 1. The maximum Gasteiger partial charge on any atom is 0.437 e. The maximum absolute atomic E-state index is 13.0. The van der Waals surface area contributed by atoms with Gasteiger partial charge in [0.25, 0.3) is 0 Å². The average molecular weight is 293 g/mol. The third-order valence-electron chi connectivity index (χ3n) is 2.20. The Labute approximate surface area is 107 Å². The number of aromatic carboxylic acids is 1. The van der Waals surface area contributed by atoms with Crippen molar-refractivity contribution >= 4 is 5.97 Å². The van der Waals surface area contributed by atoms with Gasteiger partial charge in [0.05, 0.1) is 0 Å². The fourth-order valence-corrected chi connectivity index (χ4v) is 1.46. The van der Waals surface area contributed by atoms with Gasteiger partial charge in [0.15, 0.2) is 5.69 Å². The third-order valence-corrected chi connectivity index (χ3v) is 2.20. The summed E-state index contributed by atoms with van der Waals surface area (Å²) in [6.45, 7) is 0. The Kier molecular flexibility index (Phi) is 3.20. The molecule has 1 aromatic carbocycles. The molecular weight excluding hydrogens is 289 g/mol. The molecule has 0 atom stereocenters. The maximum atomic E-state index is 13.0. The second-order valence-corrected chi connectivity index (χ2v) is 3.66.